The first kappa shape index (κ1) is 29.8. The molecule has 0 saturated heterocycles. The molecule has 9 heteroatoms. The zero-order valence-corrected chi connectivity index (χ0v) is 24.7. The van der Waals surface area contributed by atoms with E-state index >= 15 is 0 Å². The molecule has 0 amide bonds. The Hall–Kier alpha value is -5.25. The summed E-state index contributed by atoms with van der Waals surface area (Å²) in [6.45, 7) is 2.81. The number of aromatic nitrogens is 2. The van der Waals surface area contributed by atoms with Gasteiger partial charge in [0.2, 0.25) is 11.8 Å². The fraction of sp³-hybridized carbons (Fsp3) is 0.167. The van der Waals surface area contributed by atoms with Crippen LogP contribution in [0.5, 0.6) is 11.5 Å². The van der Waals surface area contributed by atoms with Gasteiger partial charge in [-0.2, -0.15) is 0 Å². The fourth-order valence-corrected chi connectivity index (χ4v) is 4.82. The minimum Gasteiger partial charge on any atom is -0.489 e. The van der Waals surface area contributed by atoms with Crippen molar-refractivity contribution in [2.75, 3.05) is 0 Å². The van der Waals surface area contributed by atoms with Crippen LogP contribution in [-0.2, 0) is 39.4 Å². The van der Waals surface area contributed by atoms with Crippen molar-refractivity contribution in [3.63, 3.8) is 0 Å². The molecule has 0 saturated carbocycles. The summed E-state index contributed by atoms with van der Waals surface area (Å²) in [4.78, 5) is 8.76. The molecular formula is C36H33FN4O4. The van der Waals surface area contributed by atoms with Crippen LogP contribution in [0.15, 0.2) is 137 Å². The third-order valence-corrected chi connectivity index (χ3v) is 7.12. The Morgan fingerprint density at radius 3 is 1.53 bits per heavy atom. The Morgan fingerprint density at radius 2 is 1.04 bits per heavy atom. The summed E-state index contributed by atoms with van der Waals surface area (Å²) in [5.41, 5.74) is 4.04. The van der Waals surface area contributed by atoms with Crippen molar-refractivity contribution in [1.82, 2.24) is 20.0 Å². The monoisotopic (exact) mass is 604 g/mol. The number of oxazole rings is 2. The molecule has 0 bridgehead atoms. The topological polar surface area (TPSA) is 77.0 Å². The largest absolute Gasteiger partial charge is 0.489 e. The number of benzene rings is 4. The number of hydrogen-bond acceptors (Lipinski definition) is 8. The lowest BCUT2D eigenvalue weighted by atomic mass is 10.2. The molecule has 4 aromatic carbocycles. The van der Waals surface area contributed by atoms with Gasteiger partial charge in [-0.3, -0.25) is 0 Å². The van der Waals surface area contributed by atoms with Crippen molar-refractivity contribution in [1.29, 1.82) is 0 Å². The van der Waals surface area contributed by atoms with E-state index < -0.39 is 0 Å². The van der Waals surface area contributed by atoms with E-state index in [9.17, 15) is 4.39 Å². The Morgan fingerprint density at radius 1 is 0.533 bits per heavy atom. The van der Waals surface area contributed by atoms with Crippen LogP contribution in [0.4, 0.5) is 4.39 Å². The summed E-state index contributed by atoms with van der Waals surface area (Å²) in [7, 11) is 0. The maximum absolute atomic E-state index is 13.5. The van der Waals surface area contributed by atoms with Gasteiger partial charge in [-0.05, 0) is 58.7 Å². The fourth-order valence-electron chi connectivity index (χ4n) is 4.82. The molecule has 8 nitrogen and oxygen atoms in total. The number of halogens is 1. The molecule has 6 rings (SSSR count). The van der Waals surface area contributed by atoms with Gasteiger partial charge < -0.3 is 18.3 Å². The molecule has 2 aromatic heterocycles. The SMILES string of the molecule is Fc1cccc(COc2ccc(CN(Cc3ncco3)N(Cc3ccc(OCc4ccccc4)cc3)Cc3ncco3)cc2)c1. The summed E-state index contributed by atoms with van der Waals surface area (Å²) < 4.78 is 36.7. The molecule has 228 valence electrons. The second-order valence-electron chi connectivity index (χ2n) is 10.5. The molecule has 6 aromatic rings. The van der Waals surface area contributed by atoms with E-state index in [1.165, 1.54) is 12.1 Å². The molecule has 2 heterocycles. The van der Waals surface area contributed by atoms with Crippen molar-refractivity contribution >= 4 is 0 Å². The molecular weight excluding hydrogens is 571 g/mol. The van der Waals surface area contributed by atoms with E-state index in [4.69, 9.17) is 18.3 Å². The lowest BCUT2D eigenvalue weighted by Crippen LogP contribution is -2.41. The van der Waals surface area contributed by atoms with Crippen LogP contribution in [0.2, 0.25) is 0 Å². The maximum Gasteiger partial charge on any atom is 0.209 e. The third-order valence-electron chi connectivity index (χ3n) is 7.12. The van der Waals surface area contributed by atoms with E-state index in [0.717, 1.165) is 28.0 Å². The highest BCUT2D eigenvalue weighted by atomic mass is 19.1. The molecule has 0 atom stereocenters. The van der Waals surface area contributed by atoms with Gasteiger partial charge in [-0.15, -0.1) is 0 Å². The van der Waals surface area contributed by atoms with Crippen LogP contribution in [0.3, 0.4) is 0 Å². The minimum absolute atomic E-state index is 0.278. The predicted octanol–water partition coefficient (Wildman–Crippen LogP) is 7.58. The first-order valence-electron chi connectivity index (χ1n) is 14.6. The van der Waals surface area contributed by atoms with Crippen molar-refractivity contribution in [2.24, 2.45) is 0 Å². The number of hydrogen-bond donors (Lipinski definition) is 0. The van der Waals surface area contributed by atoms with Crippen molar-refractivity contribution in [3.05, 3.63) is 168 Å². The van der Waals surface area contributed by atoms with Crippen LogP contribution in [0.25, 0.3) is 0 Å². The Balaban J connectivity index is 1.16. The van der Waals surface area contributed by atoms with E-state index in [0.29, 0.717) is 50.3 Å². The highest BCUT2D eigenvalue weighted by Crippen LogP contribution is 2.22. The van der Waals surface area contributed by atoms with Gasteiger partial charge in [-0.25, -0.2) is 24.4 Å². The molecule has 0 radical (unpaired) electrons. The highest BCUT2D eigenvalue weighted by molar-refractivity contribution is 5.29. The summed E-state index contributed by atoms with van der Waals surface area (Å²) >= 11 is 0. The Kier molecular flexibility index (Phi) is 9.91. The second kappa shape index (κ2) is 15.0. The van der Waals surface area contributed by atoms with Crippen LogP contribution >= 0.6 is 0 Å². The second-order valence-corrected chi connectivity index (χ2v) is 10.5. The smallest absolute Gasteiger partial charge is 0.209 e. The normalized spacial score (nSPS) is 11.3. The molecule has 0 aliphatic rings. The van der Waals surface area contributed by atoms with Gasteiger partial charge in [0.15, 0.2) is 0 Å². The molecule has 0 aliphatic carbocycles. The van der Waals surface area contributed by atoms with Crippen molar-refractivity contribution in [3.8, 4) is 11.5 Å². The quantitative estimate of drug-likeness (QED) is 0.111. The average Bonchev–Trinajstić information content (AvgIpc) is 3.79. The average molecular weight is 605 g/mol. The summed E-state index contributed by atoms with van der Waals surface area (Å²) in [5, 5.41) is 4.34. The van der Waals surface area contributed by atoms with Crippen LogP contribution in [-0.4, -0.2) is 20.0 Å². The molecule has 45 heavy (non-hydrogen) atoms. The van der Waals surface area contributed by atoms with Crippen LogP contribution in [0, 0.1) is 5.82 Å². The summed E-state index contributed by atoms with van der Waals surface area (Å²) in [6.07, 6.45) is 6.44. The van der Waals surface area contributed by atoms with Crippen molar-refractivity contribution < 1.29 is 22.7 Å². The van der Waals surface area contributed by atoms with Gasteiger partial charge in [0, 0.05) is 13.1 Å². The highest BCUT2D eigenvalue weighted by Gasteiger charge is 2.21. The summed E-state index contributed by atoms with van der Waals surface area (Å²) in [5.74, 6) is 2.41. The van der Waals surface area contributed by atoms with E-state index in [1.54, 1.807) is 31.0 Å². The van der Waals surface area contributed by atoms with Gasteiger partial charge in [-0.1, -0.05) is 66.7 Å². The van der Waals surface area contributed by atoms with Gasteiger partial charge >= 0.3 is 0 Å². The maximum atomic E-state index is 13.5. The zero-order valence-electron chi connectivity index (χ0n) is 24.7. The first-order valence-corrected chi connectivity index (χ1v) is 14.6. The molecule has 0 aliphatic heterocycles. The Bertz CT molecular complexity index is 1710. The molecule has 0 N–H and O–H groups in total. The lowest BCUT2D eigenvalue weighted by molar-refractivity contribution is -0.0674. The number of rotatable bonds is 15. The van der Waals surface area contributed by atoms with Crippen LogP contribution in [0.1, 0.15) is 34.0 Å². The lowest BCUT2D eigenvalue weighted by Gasteiger charge is -2.33. The van der Waals surface area contributed by atoms with Crippen molar-refractivity contribution in [2.45, 2.75) is 39.4 Å². The first-order chi connectivity index (χ1) is 22.2. The standard InChI is InChI=1S/C36H33FN4O4/c37-32-8-4-7-31(21-32)27-45-34-15-11-29(12-16-34)23-41(25-36-39-18-20-43-36)40(24-35-38-17-19-42-35)22-28-9-13-33(14-10-28)44-26-30-5-2-1-3-6-30/h1-21H,22-27H2. The van der Waals surface area contributed by atoms with Gasteiger partial charge in [0.05, 0.1) is 25.5 Å². The third kappa shape index (κ3) is 8.88. The number of nitrogens with zero attached hydrogens (tertiary/aromatic N) is 4. The van der Waals surface area contributed by atoms with E-state index in [-0.39, 0.29) is 12.4 Å². The predicted molar refractivity (Wildman–Crippen MR) is 166 cm³/mol. The van der Waals surface area contributed by atoms with E-state index in [2.05, 4.69) is 32.1 Å². The van der Waals surface area contributed by atoms with Crippen LogP contribution < -0.4 is 9.47 Å². The zero-order chi connectivity index (χ0) is 30.7. The summed E-state index contributed by atoms with van der Waals surface area (Å²) in [6, 6.07) is 32.5. The van der Waals surface area contributed by atoms with Gasteiger partial charge in [0.1, 0.15) is 43.1 Å². The Labute approximate surface area is 261 Å². The molecule has 0 fully saturated rings. The minimum atomic E-state index is -0.278. The van der Waals surface area contributed by atoms with Gasteiger partial charge in [0.25, 0.3) is 0 Å². The number of ether oxygens (including phenoxy) is 2. The molecule has 0 unspecified atom stereocenters. The number of hydrazine groups is 1. The van der Waals surface area contributed by atoms with E-state index in [1.807, 2.05) is 72.8 Å². The molecule has 0 spiro atoms.